The first-order chi connectivity index (χ1) is 13.4. The summed E-state index contributed by atoms with van der Waals surface area (Å²) in [5.41, 5.74) is 0. The van der Waals surface area contributed by atoms with Gasteiger partial charge in [0.2, 0.25) is 10.0 Å². The number of guanidine groups is 1. The maximum absolute atomic E-state index is 12.3. The molecule has 0 aromatic rings. The number of halogens is 1. The lowest BCUT2D eigenvalue weighted by Crippen LogP contribution is -2.46. The van der Waals surface area contributed by atoms with Crippen LogP contribution in [0.1, 0.15) is 46.0 Å². The monoisotopic (exact) mass is 545 g/mol. The Balaban J connectivity index is 0.00000420. The highest BCUT2D eigenvalue weighted by atomic mass is 127. The predicted octanol–water partition coefficient (Wildman–Crippen LogP) is 1.47. The minimum absolute atomic E-state index is 0. The SMILES string of the molecule is CCNC(=NCCS(=O)(=O)NCC1CCCCO1)N(C)CC1CCCN1CC.I. The van der Waals surface area contributed by atoms with Gasteiger partial charge >= 0.3 is 0 Å². The van der Waals surface area contributed by atoms with Gasteiger partial charge in [0, 0.05) is 39.3 Å². The normalized spacial score (nSPS) is 23.6. The Morgan fingerprint density at radius 3 is 2.69 bits per heavy atom. The molecule has 2 N–H and O–H groups in total. The zero-order valence-corrected chi connectivity index (χ0v) is 21.4. The summed E-state index contributed by atoms with van der Waals surface area (Å²) in [5.74, 6) is 0.767. The van der Waals surface area contributed by atoms with Gasteiger partial charge in [0.05, 0.1) is 18.4 Å². The average Bonchev–Trinajstić information content (AvgIpc) is 3.13. The number of aliphatic imine (C=N–C) groups is 1. The summed E-state index contributed by atoms with van der Waals surface area (Å²) in [5, 5.41) is 3.28. The molecule has 2 aliphatic rings. The van der Waals surface area contributed by atoms with Gasteiger partial charge in [0.1, 0.15) is 0 Å². The molecular formula is C19H40IN5O3S. The molecule has 0 aromatic carbocycles. The van der Waals surface area contributed by atoms with Crippen LogP contribution >= 0.6 is 24.0 Å². The molecule has 2 heterocycles. The van der Waals surface area contributed by atoms with Crippen LogP contribution in [0, 0.1) is 0 Å². The van der Waals surface area contributed by atoms with E-state index in [1.165, 1.54) is 12.8 Å². The Hall–Kier alpha value is -0.170. The van der Waals surface area contributed by atoms with E-state index >= 15 is 0 Å². The van der Waals surface area contributed by atoms with Gasteiger partial charge in [-0.25, -0.2) is 13.1 Å². The second kappa shape index (κ2) is 14.0. The van der Waals surface area contributed by atoms with E-state index in [2.05, 4.69) is 31.8 Å². The number of ether oxygens (including phenoxy) is 1. The third-order valence-corrected chi connectivity index (χ3v) is 6.84. The van der Waals surface area contributed by atoms with Gasteiger partial charge in [-0.2, -0.15) is 0 Å². The quantitative estimate of drug-likeness (QED) is 0.246. The van der Waals surface area contributed by atoms with Crippen molar-refractivity contribution in [3.8, 4) is 0 Å². The van der Waals surface area contributed by atoms with Crippen molar-refractivity contribution in [2.24, 2.45) is 4.99 Å². The lowest BCUT2D eigenvalue weighted by Gasteiger charge is -2.29. The van der Waals surface area contributed by atoms with E-state index in [1.807, 2.05) is 14.0 Å². The van der Waals surface area contributed by atoms with Crippen LogP contribution in [0.15, 0.2) is 4.99 Å². The Morgan fingerprint density at radius 2 is 2.03 bits per heavy atom. The van der Waals surface area contributed by atoms with Crippen LogP contribution in [-0.4, -0.2) is 95.0 Å². The highest BCUT2D eigenvalue weighted by Crippen LogP contribution is 2.17. The van der Waals surface area contributed by atoms with E-state index in [0.29, 0.717) is 12.6 Å². The van der Waals surface area contributed by atoms with Gasteiger partial charge in [-0.1, -0.05) is 6.92 Å². The largest absolute Gasteiger partial charge is 0.377 e. The molecule has 0 aliphatic carbocycles. The molecular weight excluding hydrogens is 505 g/mol. The number of rotatable bonds is 10. The predicted molar refractivity (Wildman–Crippen MR) is 130 cm³/mol. The van der Waals surface area contributed by atoms with Crippen molar-refractivity contribution in [3.05, 3.63) is 0 Å². The van der Waals surface area contributed by atoms with E-state index in [9.17, 15) is 8.42 Å². The number of hydrogen-bond acceptors (Lipinski definition) is 5. The molecule has 172 valence electrons. The van der Waals surface area contributed by atoms with Crippen LogP contribution in [0.5, 0.6) is 0 Å². The first-order valence-electron chi connectivity index (χ1n) is 10.8. The summed E-state index contributed by atoms with van der Waals surface area (Å²) in [6.45, 7) is 9.46. The average molecular weight is 546 g/mol. The molecule has 10 heteroatoms. The van der Waals surface area contributed by atoms with Crippen molar-refractivity contribution >= 4 is 40.0 Å². The number of nitrogens with one attached hydrogen (secondary N) is 2. The molecule has 0 aromatic heterocycles. The summed E-state index contributed by atoms with van der Waals surface area (Å²) in [6, 6.07) is 0.541. The summed E-state index contributed by atoms with van der Waals surface area (Å²) in [7, 11) is -1.32. The number of likely N-dealkylation sites (N-methyl/N-ethyl adjacent to an activating group) is 2. The zero-order chi connectivity index (χ0) is 20.4. The zero-order valence-electron chi connectivity index (χ0n) is 18.2. The van der Waals surface area contributed by atoms with Crippen LogP contribution in [0.4, 0.5) is 0 Å². The molecule has 0 bridgehead atoms. The lowest BCUT2D eigenvalue weighted by atomic mass is 10.1. The molecule has 2 fully saturated rings. The Labute approximate surface area is 194 Å². The Bertz CT molecular complexity index is 584. The second-order valence-electron chi connectivity index (χ2n) is 7.70. The van der Waals surface area contributed by atoms with E-state index in [4.69, 9.17) is 4.74 Å². The highest BCUT2D eigenvalue weighted by Gasteiger charge is 2.25. The standard InChI is InChI=1S/C19H39N5O3S.HI/c1-4-20-19(23(3)16-17-9-8-12-24(17)5-2)21-11-14-28(25,26)22-15-18-10-6-7-13-27-18;/h17-18,22H,4-16H2,1-3H3,(H,20,21);1H. The van der Waals surface area contributed by atoms with Crippen molar-refractivity contribution in [3.63, 3.8) is 0 Å². The minimum Gasteiger partial charge on any atom is -0.377 e. The summed E-state index contributed by atoms with van der Waals surface area (Å²) in [4.78, 5) is 9.17. The third-order valence-electron chi connectivity index (χ3n) is 5.51. The van der Waals surface area contributed by atoms with Crippen molar-refractivity contribution in [1.82, 2.24) is 19.8 Å². The van der Waals surface area contributed by atoms with Gasteiger partial charge < -0.3 is 15.0 Å². The summed E-state index contributed by atoms with van der Waals surface area (Å²) in [6.07, 6.45) is 5.55. The van der Waals surface area contributed by atoms with Gasteiger partial charge in [0.25, 0.3) is 0 Å². The van der Waals surface area contributed by atoms with Crippen molar-refractivity contribution < 1.29 is 13.2 Å². The van der Waals surface area contributed by atoms with E-state index in [1.54, 1.807) is 0 Å². The topological polar surface area (TPSA) is 86.3 Å². The van der Waals surface area contributed by atoms with Gasteiger partial charge in [0.15, 0.2) is 5.96 Å². The summed E-state index contributed by atoms with van der Waals surface area (Å²) < 4.78 is 32.8. The maximum Gasteiger partial charge on any atom is 0.213 e. The molecule has 2 rings (SSSR count). The second-order valence-corrected chi connectivity index (χ2v) is 9.62. The maximum atomic E-state index is 12.3. The van der Waals surface area contributed by atoms with Gasteiger partial charge in [-0.3, -0.25) is 9.89 Å². The van der Waals surface area contributed by atoms with Crippen LogP contribution in [0.25, 0.3) is 0 Å². The molecule has 0 radical (unpaired) electrons. The Kier molecular flexibility index (Phi) is 13.0. The molecule has 2 atom stereocenters. The van der Waals surface area contributed by atoms with Crippen LogP contribution in [0.3, 0.4) is 0 Å². The number of hydrogen-bond donors (Lipinski definition) is 2. The number of sulfonamides is 1. The summed E-state index contributed by atoms with van der Waals surface area (Å²) >= 11 is 0. The Morgan fingerprint density at radius 1 is 1.24 bits per heavy atom. The van der Waals surface area contributed by atoms with Crippen molar-refractivity contribution in [2.45, 2.75) is 58.1 Å². The first kappa shape index (κ1) is 26.9. The van der Waals surface area contributed by atoms with Crippen LogP contribution in [0.2, 0.25) is 0 Å². The van der Waals surface area contributed by atoms with E-state index in [0.717, 1.165) is 58.0 Å². The van der Waals surface area contributed by atoms with Gasteiger partial charge in [-0.05, 0) is 52.1 Å². The fourth-order valence-electron chi connectivity index (χ4n) is 3.92. The number of likely N-dealkylation sites (tertiary alicyclic amines) is 1. The molecule has 8 nitrogen and oxygen atoms in total. The number of nitrogens with zero attached hydrogens (tertiary/aromatic N) is 3. The highest BCUT2D eigenvalue weighted by molar-refractivity contribution is 14.0. The smallest absolute Gasteiger partial charge is 0.213 e. The molecule has 0 amide bonds. The minimum atomic E-state index is -3.34. The fourth-order valence-corrected chi connectivity index (χ4v) is 4.84. The molecule has 0 saturated carbocycles. The fraction of sp³-hybridized carbons (Fsp3) is 0.947. The van der Waals surface area contributed by atoms with Crippen LogP contribution in [-0.2, 0) is 14.8 Å². The third kappa shape index (κ3) is 9.67. The van der Waals surface area contributed by atoms with E-state index in [-0.39, 0.29) is 42.4 Å². The molecule has 2 unspecified atom stereocenters. The van der Waals surface area contributed by atoms with Crippen molar-refractivity contribution in [2.75, 3.05) is 58.7 Å². The van der Waals surface area contributed by atoms with Crippen LogP contribution < -0.4 is 10.0 Å². The molecule has 0 spiro atoms. The van der Waals surface area contributed by atoms with Gasteiger partial charge in [-0.15, -0.1) is 24.0 Å². The lowest BCUT2D eigenvalue weighted by molar-refractivity contribution is 0.0200. The first-order valence-corrected chi connectivity index (χ1v) is 12.4. The molecule has 2 aliphatic heterocycles. The van der Waals surface area contributed by atoms with E-state index < -0.39 is 10.0 Å². The molecule has 2 saturated heterocycles. The van der Waals surface area contributed by atoms with Crippen molar-refractivity contribution in [1.29, 1.82) is 0 Å². The molecule has 29 heavy (non-hydrogen) atoms.